The first-order valence-corrected chi connectivity index (χ1v) is 7.27. The van der Waals surface area contributed by atoms with E-state index in [-0.39, 0.29) is 0 Å². The Balaban J connectivity index is 1.84. The molecule has 0 bridgehead atoms. The molecule has 0 radical (unpaired) electrons. The molecule has 0 heterocycles. The Labute approximate surface area is 106 Å². The summed E-state index contributed by atoms with van der Waals surface area (Å²) in [6.45, 7) is 2.24. The lowest BCUT2D eigenvalue weighted by molar-refractivity contribution is 0.543. The summed E-state index contributed by atoms with van der Waals surface area (Å²) in [4.78, 5) is 0. The molecule has 0 aromatic heterocycles. The predicted octanol–water partition coefficient (Wildman–Crippen LogP) is 1.75. The molecule has 5 heteroatoms. The molecule has 0 saturated carbocycles. The average molecular weight is 258 g/mol. The van der Waals surface area contributed by atoms with Gasteiger partial charge in [-0.1, -0.05) is 23.8 Å². The van der Waals surface area contributed by atoms with Crippen LogP contribution in [0.1, 0.15) is 32.1 Å². The predicted molar refractivity (Wildman–Crippen MR) is 72.0 cm³/mol. The van der Waals surface area contributed by atoms with Crippen molar-refractivity contribution < 1.29 is 8.76 Å². The molecule has 0 aliphatic heterocycles. The molecule has 0 aromatic rings. The molecule has 1 aliphatic rings. The highest BCUT2D eigenvalue weighted by Crippen LogP contribution is 2.16. The number of hydrogen-bond acceptors (Lipinski definition) is 2. The molecule has 0 spiro atoms. The highest BCUT2D eigenvalue weighted by molar-refractivity contribution is 7.77. The average Bonchev–Trinajstić information content (AvgIpc) is 2.33. The Kier molecular flexibility index (Phi) is 8.17. The SMILES string of the molecule is O=S(O)NCCNCCCCC1=CCC=CC1. The maximum absolute atomic E-state index is 10.3. The van der Waals surface area contributed by atoms with Crippen molar-refractivity contribution in [3.05, 3.63) is 23.8 Å². The van der Waals surface area contributed by atoms with Crippen LogP contribution in [0, 0.1) is 0 Å². The molecule has 1 rings (SSSR count). The summed E-state index contributed by atoms with van der Waals surface area (Å²) in [6, 6.07) is 0. The van der Waals surface area contributed by atoms with Crippen molar-refractivity contribution in [1.29, 1.82) is 0 Å². The third-order valence-corrected chi connectivity index (χ3v) is 3.17. The van der Waals surface area contributed by atoms with E-state index in [0.29, 0.717) is 6.54 Å². The van der Waals surface area contributed by atoms with Gasteiger partial charge in [-0.15, -0.1) is 0 Å². The van der Waals surface area contributed by atoms with Crippen LogP contribution in [0.3, 0.4) is 0 Å². The molecule has 0 amide bonds. The topological polar surface area (TPSA) is 61.4 Å². The van der Waals surface area contributed by atoms with Crippen LogP contribution in [0.2, 0.25) is 0 Å². The van der Waals surface area contributed by atoms with Gasteiger partial charge in [0.05, 0.1) is 0 Å². The zero-order valence-electron chi connectivity index (χ0n) is 10.2. The molecule has 3 N–H and O–H groups in total. The zero-order valence-corrected chi connectivity index (χ0v) is 11.0. The van der Waals surface area contributed by atoms with Crippen LogP contribution >= 0.6 is 0 Å². The van der Waals surface area contributed by atoms with Crippen molar-refractivity contribution in [3.8, 4) is 0 Å². The van der Waals surface area contributed by atoms with E-state index in [1.165, 1.54) is 12.8 Å². The second kappa shape index (κ2) is 9.53. The molecule has 1 unspecified atom stereocenters. The molecule has 4 nitrogen and oxygen atoms in total. The van der Waals surface area contributed by atoms with E-state index in [9.17, 15) is 4.21 Å². The van der Waals surface area contributed by atoms with Crippen LogP contribution in [0.5, 0.6) is 0 Å². The molecule has 1 atom stereocenters. The van der Waals surface area contributed by atoms with Gasteiger partial charge in [0, 0.05) is 13.1 Å². The van der Waals surface area contributed by atoms with Crippen molar-refractivity contribution in [1.82, 2.24) is 10.0 Å². The fourth-order valence-corrected chi connectivity index (χ4v) is 2.08. The Bertz CT molecular complexity index is 290. The van der Waals surface area contributed by atoms with E-state index in [1.807, 2.05) is 0 Å². The Morgan fingerprint density at radius 1 is 1.24 bits per heavy atom. The van der Waals surface area contributed by atoms with E-state index in [2.05, 4.69) is 28.3 Å². The lowest BCUT2D eigenvalue weighted by Gasteiger charge is -2.08. The second-order valence-electron chi connectivity index (χ2n) is 4.12. The lowest BCUT2D eigenvalue weighted by atomic mass is 10.0. The van der Waals surface area contributed by atoms with Crippen LogP contribution in [0.25, 0.3) is 0 Å². The van der Waals surface area contributed by atoms with E-state index in [1.54, 1.807) is 5.57 Å². The molecule has 1 aliphatic carbocycles. The van der Waals surface area contributed by atoms with E-state index in [0.717, 1.165) is 32.4 Å². The quantitative estimate of drug-likeness (QED) is 0.335. The van der Waals surface area contributed by atoms with E-state index >= 15 is 0 Å². The number of hydrogen-bond donors (Lipinski definition) is 3. The smallest absolute Gasteiger partial charge is 0.231 e. The van der Waals surface area contributed by atoms with Gasteiger partial charge in [-0.2, -0.15) is 0 Å². The van der Waals surface area contributed by atoms with Crippen LogP contribution in [0.15, 0.2) is 23.8 Å². The number of unbranched alkanes of at least 4 members (excludes halogenated alkanes) is 1. The first-order valence-electron chi connectivity index (χ1n) is 6.17. The lowest BCUT2D eigenvalue weighted by Crippen LogP contribution is -2.28. The van der Waals surface area contributed by atoms with Gasteiger partial charge in [-0.05, 0) is 38.6 Å². The van der Waals surface area contributed by atoms with Gasteiger partial charge in [0.25, 0.3) is 0 Å². The number of rotatable bonds is 9. The second-order valence-corrected chi connectivity index (χ2v) is 4.91. The van der Waals surface area contributed by atoms with Crippen molar-refractivity contribution in [3.63, 3.8) is 0 Å². The van der Waals surface area contributed by atoms with Gasteiger partial charge in [-0.25, -0.2) is 8.93 Å². The summed E-state index contributed by atoms with van der Waals surface area (Å²) in [5, 5.41) is 3.24. The monoisotopic (exact) mass is 258 g/mol. The summed E-state index contributed by atoms with van der Waals surface area (Å²) < 4.78 is 21.2. The molecule has 0 fully saturated rings. The number of allylic oxidation sites excluding steroid dienone is 4. The Hall–Kier alpha value is -0.490. The Morgan fingerprint density at radius 2 is 2.12 bits per heavy atom. The molecule has 98 valence electrons. The van der Waals surface area contributed by atoms with Crippen LogP contribution in [-0.4, -0.2) is 28.4 Å². The van der Waals surface area contributed by atoms with Gasteiger partial charge in [0.15, 0.2) is 0 Å². The third kappa shape index (κ3) is 8.26. The minimum absolute atomic E-state index is 0.527. The summed E-state index contributed by atoms with van der Waals surface area (Å²) in [5.74, 6) is 0. The summed E-state index contributed by atoms with van der Waals surface area (Å²) in [7, 11) is 0. The van der Waals surface area contributed by atoms with Crippen molar-refractivity contribution in [2.75, 3.05) is 19.6 Å². The highest BCUT2D eigenvalue weighted by Gasteiger charge is 1.98. The van der Waals surface area contributed by atoms with Crippen LogP contribution < -0.4 is 10.0 Å². The molecule has 0 saturated heterocycles. The van der Waals surface area contributed by atoms with Gasteiger partial charge < -0.3 is 5.32 Å². The zero-order chi connectivity index (χ0) is 12.3. The Morgan fingerprint density at radius 3 is 2.82 bits per heavy atom. The van der Waals surface area contributed by atoms with Crippen molar-refractivity contribution in [2.24, 2.45) is 0 Å². The minimum Gasteiger partial charge on any atom is -0.315 e. The first-order chi connectivity index (χ1) is 8.29. The maximum Gasteiger partial charge on any atom is 0.231 e. The largest absolute Gasteiger partial charge is 0.315 e. The van der Waals surface area contributed by atoms with Gasteiger partial charge in [-0.3, -0.25) is 4.55 Å². The fourth-order valence-electron chi connectivity index (χ4n) is 1.81. The van der Waals surface area contributed by atoms with E-state index in [4.69, 9.17) is 4.55 Å². The van der Waals surface area contributed by atoms with Crippen molar-refractivity contribution >= 4 is 11.3 Å². The normalized spacial score (nSPS) is 16.9. The van der Waals surface area contributed by atoms with E-state index < -0.39 is 11.3 Å². The first kappa shape index (κ1) is 14.6. The van der Waals surface area contributed by atoms with Gasteiger partial charge >= 0.3 is 0 Å². The molecule has 0 aromatic carbocycles. The summed E-state index contributed by atoms with van der Waals surface area (Å²) in [5.41, 5.74) is 1.56. The summed E-state index contributed by atoms with van der Waals surface area (Å²) >= 11 is -1.88. The van der Waals surface area contributed by atoms with Crippen LogP contribution in [-0.2, 0) is 11.3 Å². The molecule has 17 heavy (non-hydrogen) atoms. The highest BCUT2D eigenvalue weighted by atomic mass is 32.2. The maximum atomic E-state index is 10.3. The molecular formula is C12H22N2O2S. The third-order valence-electron chi connectivity index (χ3n) is 2.72. The fraction of sp³-hybridized carbons (Fsp3) is 0.667. The number of nitrogens with one attached hydrogen (secondary N) is 2. The minimum atomic E-state index is -1.88. The molecular weight excluding hydrogens is 236 g/mol. The standard InChI is InChI=1S/C12H22N2O2S/c15-17(16)14-11-10-13-9-5-4-8-12-6-2-1-3-7-12/h1-2,7,13-14H,3-6,8-11H2,(H,15,16). The van der Waals surface area contributed by atoms with Gasteiger partial charge in [0.1, 0.15) is 0 Å². The van der Waals surface area contributed by atoms with Crippen LogP contribution in [0.4, 0.5) is 0 Å². The van der Waals surface area contributed by atoms with Gasteiger partial charge in [0.2, 0.25) is 11.3 Å². The summed E-state index contributed by atoms with van der Waals surface area (Å²) in [6.07, 6.45) is 12.6. The van der Waals surface area contributed by atoms with Crippen molar-refractivity contribution in [2.45, 2.75) is 32.1 Å².